The van der Waals surface area contributed by atoms with Gasteiger partial charge in [0.15, 0.2) is 5.69 Å². The van der Waals surface area contributed by atoms with Crippen LogP contribution in [0.4, 0.5) is 0 Å². The van der Waals surface area contributed by atoms with Crippen LogP contribution < -0.4 is 0 Å². The van der Waals surface area contributed by atoms with Crippen LogP contribution in [0.2, 0.25) is 0 Å². The number of oxazole rings is 1. The Labute approximate surface area is 117 Å². The predicted molar refractivity (Wildman–Crippen MR) is 73.0 cm³/mol. The van der Waals surface area contributed by atoms with Crippen molar-refractivity contribution >= 4 is 12.0 Å². The topological polar surface area (TPSA) is 63.3 Å². The fourth-order valence-corrected chi connectivity index (χ4v) is 4.94. The lowest BCUT2D eigenvalue weighted by Crippen LogP contribution is -2.44. The van der Waals surface area contributed by atoms with Crippen LogP contribution in [0.5, 0.6) is 0 Å². The molecule has 0 amide bonds. The van der Waals surface area contributed by atoms with Crippen molar-refractivity contribution in [2.75, 3.05) is 0 Å². The maximum atomic E-state index is 10.8. The van der Waals surface area contributed by atoms with Gasteiger partial charge in [0.1, 0.15) is 6.26 Å². The Morgan fingerprint density at radius 2 is 1.85 bits per heavy atom. The number of nitrogens with zero attached hydrogens (tertiary/aromatic N) is 1. The van der Waals surface area contributed by atoms with Crippen molar-refractivity contribution in [3.8, 4) is 0 Å². The number of carboxylic acid groups (broad SMARTS) is 1. The van der Waals surface area contributed by atoms with Crippen molar-refractivity contribution in [3.05, 3.63) is 23.9 Å². The number of carboxylic acids is 1. The number of aromatic nitrogens is 1. The van der Waals surface area contributed by atoms with Crippen LogP contribution in [-0.4, -0.2) is 16.1 Å². The Kier molecular flexibility index (Phi) is 2.72. The second kappa shape index (κ2) is 4.47. The van der Waals surface area contributed by atoms with E-state index >= 15 is 0 Å². The first-order chi connectivity index (χ1) is 9.69. The molecule has 4 heteroatoms. The van der Waals surface area contributed by atoms with Gasteiger partial charge in [0, 0.05) is 0 Å². The predicted octanol–water partition coefficient (Wildman–Crippen LogP) is 3.46. The van der Waals surface area contributed by atoms with Crippen molar-refractivity contribution in [2.45, 2.75) is 32.1 Å². The zero-order valence-corrected chi connectivity index (χ0v) is 11.4. The largest absolute Gasteiger partial charge is 0.476 e. The van der Waals surface area contributed by atoms with E-state index in [2.05, 4.69) is 11.1 Å². The summed E-state index contributed by atoms with van der Waals surface area (Å²) in [6, 6.07) is 0. The van der Waals surface area contributed by atoms with Crippen molar-refractivity contribution in [1.82, 2.24) is 4.98 Å². The Morgan fingerprint density at radius 1 is 1.20 bits per heavy atom. The molecule has 4 aliphatic rings. The van der Waals surface area contributed by atoms with Crippen molar-refractivity contribution in [2.24, 2.45) is 29.6 Å². The molecule has 0 aliphatic heterocycles. The van der Waals surface area contributed by atoms with Crippen LogP contribution in [0.1, 0.15) is 48.5 Å². The Hall–Kier alpha value is -1.58. The minimum Gasteiger partial charge on any atom is -0.476 e. The molecule has 0 saturated heterocycles. The minimum atomic E-state index is -1.04. The molecular formula is C16H19NO3. The fourth-order valence-electron chi connectivity index (χ4n) is 4.94. The van der Waals surface area contributed by atoms with Gasteiger partial charge in [-0.2, -0.15) is 0 Å². The summed E-state index contributed by atoms with van der Waals surface area (Å²) in [5.74, 6) is 3.63. The summed E-state index contributed by atoms with van der Waals surface area (Å²) in [6.45, 7) is 0. The molecule has 4 bridgehead atoms. The second-order valence-electron chi connectivity index (χ2n) is 6.74. The van der Waals surface area contributed by atoms with E-state index in [0.29, 0.717) is 11.8 Å². The highest BCUT2D eigenvalue weighted by molar-refractivity contribution is 5.85. The van der Waals surface area contributed by atoms with Crippen LogP contribution in [0.25, 0.3) is 6.08 Å². The average molecular weight is 273 g/mol. The molecule has 5 rings (SSSR count). The average Bonchev–Trinajstić information content (AvgIpc) is 2.86. The lowest BCUT2D eigenvalue weighted by molar-refractivity contribution is -0.0158. The monoisotopic (exact) mass is 273 g/mol. The number of hydrogen-bond acceptors (Lipinski definition) is 3. The zero-order valence-electron chi connectivity index (χ0n) is 11.4. The molecule has 1 N–H and O–H groups in total. The van der Waals surface area contributed by atoms with Crippen LogP contribution >= 0.6 is 0 Å². The minimum absolute atomic E-state index is 0.0188. The van der Waals surface area contributed by atoms with E-state index in [1.165, 1.54) is 38.4 Å². The van der Waals surface area contributed by atoms with Gasteiger partial charge in [0.2, 0.25) is 5.89 Å². The molecule has 1 aromatic heterocycles. The third-order valence-electron chi connectivity index (χ3n) is 5.50. The molecule has 1 heterocycles. The van der Waals surface area contributed by atoms with Crippen molar-refractivity contribution in [3.63, 3.8) is 0 Å². The van der Waals surface area contributed by atoms with Gasteiger partial charge in [-0.15, -0.1) is 0 Å². The summed E-state index contributed by atoms with van der Waals surface area (Å²) >= 11 is 0. The fraction of sp³-hybridized carbons (Fsp3) is 0.625. The lowest BCUT2D eigenvalue weighted by Gasteiger charge is -2.53. The molecule has 0 unspecified atom stereocenters. The molecule has 0 aromatic carbocycles. The summed E-state index contributed by atoms with van der Waals surface area (Å²) in [5, 5.41) is 8.83. The highest BCUT2D eigenvalue weighted by atomic mass is 16.4. The number of hydrogen-bond donors (Lipinski definition) is 1. The Balaban J connectivity index is 1.50. The molecular weight excluding hydrogens is 254 g/mol. The number of allylic oxidation sites excluding steroid dienone is 1. The molecule has 20 heavy (non-hydrogen) atoms. The summed E-state index contributed by atoms with van der Waals surface area (Å²) in [6.07, 6.45) is 12.3. The second-order valence-corrected chi connectivity index (χ2v) is 6.74. The summed E-state index contributed by atoms with van der Waals surface area (Å²) in [7, 11) is 0. The SMILES string of the molecule is O=C(O)c1coc(/C=C/C2C3CC4CC(C3)CC2C4)n1. The summed E-state index contributed by atoms with van der Waals surface area (Å²) < 4.78 is 5.19. The molecule has 4 aliphatic carbocycles. The third-order valence-corrected chi connectivity index (χ3v) is 5.50. The first kappa shape index (κ1) is 12.2. The Morgan fingerprint density at radius 3 is 2.40 bits per heavy atom. The maximum absolute atomic E-state index is 10.8. The zero-order chi connectivity index (χ0) is 13.7. The quantitative estimate of drug-likeness (QED) is 0.916. The van der Waals surface area contributed by atoms with Gasteiger partial charge in [-0.25, -0.2) is 9.78 Å². The first-order valence-corrected chi connectivity index (χ1v) is 7.56. The van der Waals surface area contributed by atoms with Gasteiger partial charge in [-0.05, 0) is 67.8 Å². The van der Waals surface area contributed by atoms with Gasteiger partial charge < -0.3 is 9.52 Å². The van der Waals surface area contributed by atoms with Gasteiger partial charge in [-0.3, -0.25) is 0 Å². The van der Waals surface area contributed by atoms with E-state index in [9.17, 15) is 4.79 Å². The summed E-state index contributed by atoms with van der Waals surface area (Å²) in [5.41, 5.74) is -0.0188. The van der Waals surface area contributed by atoms with Gasteiger partial charge in [0.25, 0.3) is 0 Å². The van der Waals surface area contributed by atoms with E-state index in [1.54, 1.807) is 0 Å². The number of aromatic carboxylic acids is 1. The van der Waals surface area contributed by atoms with Crippen molar-refractivity contribution < 1.29 is 14.3 Å². The van der Waals surface area contributed by atoms with Crippen molar-refractivity contribution in [1.29, 1.82) is 0 Å². The summed E-state index contributed by atoms with van der Waals surface area (Å²) in [4.78, 5) is 14.7. The van der Waals surface area contributed by atoms with E-state index < -0.39 is 5.97 Å². The normalized spacial score (nSPS) is 38.7. The maximum Gasteiger partial charge on any atom is 0.357 e. The number of rotatable bonds is 3. The standard InChI is InChI=1S/C16H19NO3/c18-16(19)14-8-20-15(17-14)2-1-13-11-4-9-3-10(6-11)7-12(13)5-9/h1-2,8-13H,3-7H2,(H,18,19)/b2-1+. The van der Waals surface area contributed by atoms with E-state index in [0.717, 1.165) is 23.7 Å². The van der Waals surface area contributed by atoms with Gasteiger partial charge >= 0.3 is 5.97 Å². The smallest absolute Gasteiger partial charge is 0.357 e. The van der Waals surface area contributed by atoms with E-state index in [1.807, 2.05) is 6.08 Å². The van der Waals surface area contributed by atoms with Crippen LogP contribution in [0, 0.1) is 29.6 Å². The van der Waals surface area contributed by atoms with E-state index in [-0.39, 0.29) is 5.69 Å². The number of carbonyl (C=O) groups is 1. The molecule has 4 nitrogen and oxygen atoms in total. The van der Waals surface area contributed by atoms with Crippen LogP contribution in [0.3, 0.4) is 0 Å². The van der Waals surface area contributed by atoms with Crippen LogP contribution in [0.15, 0.2) is 16.8 Å². The third kappa shape index (κ3) is 1.98. The highest BCUT2D eigenvalue weighted by Crippen LogP contribution is 2.56. The first-order valence-electron chi connectivity index (χ1n) is 7.56. The molecule has 4 saturated carbocycles. The van der Waals surface area contributed by atoms with Gasteiger partial charge in [0.05, 0.1) is 0 Å². The Bertz CT molecular complexity index is 532. The molecule has 4 fully saturated rings. The molecule has 0 spiro atoms. The molecule has 0 atom stereocenters. The molecule has 106 valence electrons. The highest BCUT2D eigenvalue weighted by Gasteiger charge is 2.47. The van der Waals surface area contributed by atoms with Gasteiger partial charge in [-0.1, -0.05) is 6.08 Å². The lowest BCUT2D eigenvalue weighted by atomic mass is 9.52. The van der Waals surface area contributed by atoms with Crippen LogP contribution in [-0.2, 0) is 0 Å². The molecule has 1 aromatic rings. The van der Waals surface area contributed by atoms with E-state index in [4.69, 9.17) is 9.52 Å². The molecule has 0 radical (unpaired) electrons.